The molecule has 1 heterocycles. The Kier molecular flexibility index (Phi) is 5.86. The van der Waals surface area contributed by atoms with Crippen LogP contribution in [-0.4, -0.2) is 41.8 Å². The predicted molar refractivity (Wildman–Crippen MR) is 90.0 cm³/mol. The summed E-state index contributed by atoms with van der Waals surface area (Å²) in [6.45, 7) is 2.12. The fraction of sp³-hybridized carbons (Fsp3) is 0.278. The first-order valence-electron chi connectivity index (χ1n) is 7.54. The highest BCUT2D eigenvalue weighted by Gasteiger charge is 2.18. The van der Waals surface area contributed by atoms with Crippen LogP contribution in [0, 0.1) is 0 Å². The van der Waals surface area contributed by atoms with Gasteiger partial charge in [0.15, 0.2) is 0 Å². The Morgan fingerprint density at radius 1 is 1.04 bits per heavy atom. The van der Waals surface area contributed by atoms with Gasteiger partial charge in [0.05, 0.1) is 0 Å². The molecule has 1 aromatic heterocycles. The van der Waals surface area contributed by atoms with Crippen molar-refractivity contribution in [2.24, 2.45) is 0 Å². The van der Waals surface area contributed by atoms with Crippen molar-refractivity contribution in [1.29, 1.82) is 0 Å². The summed E-state index contributed by atoms with van der Waals surface area (Å²) >= 11 is 0. The van der Waals surface area contributed by atoms with E-state index in [1.807, 2.05) is 42.5 Å². The van der Waals surface area contributed by atoms with Gasteiger partial charge in [0.1, 0.15) is 6.54 Å². The van der Waals surface area contributed by atoms with Crippen molar-refractivity contribution in [3.05, 3.63) is 60.4 Å². The number of rotatable bonds is 6. The Morgan fingerprint density at radius 2 is 1.70 bits per heavy atom. The first kappa shape index (κ1) is 16.7. The molecule has 0 bridgehead atoms. The molecule has 0 aliphatic carbocycles. The molecule has 5 nitrogen and oxygen atoms in total. The molecule has 120 valence electrons. The van der Waals surface area contributed by atoms with Crippen molar-refractivity contribution >= 4 is 17.5 Å². The van der Waals surface area contributed by atoms with Crippen molar-refractivity contribution in [3.63, 3.8) is 0 Å². The molecule has 2 aromatic rings. The van der Waals surface area contributed by atoms with Gasteiger partial charge in [-0.1, -0.05) is 18.2 Å². The van der Waals surface area contributed by atoms with Crippen molar-refractivity contribution in [2.45, 2.75) is 13.3 Å². The van der Waals surface area contributed by atoms with E-state index in [1.54, 1.807) is 24.3 Å². The molecule has 0 fully saturated rings. The van der Waals surface area contributed by atoms with Crippen LogP contribution in [0.1, 0.15) is 12.5 Å². The second-order valence-electron chi connectivity index (χ2n) is 5.36. The second kappa shape index (κ2) is 8.08. The first-order valence-corrected chi connectivity index (χ1v) is 7.54. The number of carbonyl (C=O) groups excluding carboxylic acids is 2. The van der Waals surface area contributed by atoms with Gasteiger partial charge >= 0.3 is 0 Å². The Labute approximate surface area is 136 Å². The first-order chi connectivity index (χ1) is 11.1. The summed E-state index contributed by atoms with van der Waals surface area (Å²) in [5, 5.41) is 0. The molecule has 0 saturated heterocycles. The lowest BCUT2D eigenvalue weighted by atomic mass is 10.2. The Morgan fingerprint density at radius 3 is 2.30 bits per heavy atom. The minimum atomic E-state index is -0.146. The van der Waals surface area contributed by atoms with Gasteiger partial charge in [-0.15, -0.1) is 0 Å². The largest absolute Gasteiger partial charge is 0.344 e. The normalized spacial score (nSPS) is 10.2. The number of hydrogen-bond donors (Lipinski definition) is 0. The lowest BCUT2D eigenvalue weighted by molar-refractivity contribution is -0.130. The van der Waals surface area contributed by atoms with Gasteiger partial charge < -0.3 is 9.80 Å². The fourth-order valence-electron chi connectivity index (χ4n) is 2.22. The minimum Gasteiger partial charge on any atom is -0.344 e. The van der Waals surface area contributed by atoms with E-state index < -0.39 is 0 Å². The second-order valence-corrected chi connectivity index (χ2v) is 5.36. The van der Waals surface area contributed by atoms with Crippen LogP contribution in [0.5, 0.6) is 0 Å². The van der Waals surface area contributed by atoms with Gasteiger partial charge in [0.2, 0.25) is 11.8 Å². The van der Waals surface area contributed by atoms with Crippen LogP contribution in [0.25, 0.3) is 0 Å². The van der Waals surface area contributed by atoms with E-state index in [0.29, 0.717) is 6.54 Å². The van der Waals surface area contributed by atoms with Crippen molar-refractivity contribution in [2.75, 3.05) is 25.0 Å². The summed E-state index contributed by atoms with van der Waals surface area (Å²) in [5.74, 6) is -0.231. The van der Waals surface area contributed by atoms with Gasteiger partial charge in [0.25, 0.3) is 0 Å². The van der Waals surface area contributed by atoms with Crippen LogP contribution >= 0.6 is 0 Å². The number of aromatic nitrogens is 1. The van der Waals surface area contributed by atoms with Crippen LogP contribution < -0.4 is 4.90 Å². The number of nitrogens with zero attached hydrogens (tertiary/aromatic N) is 3. The molecule has 0 aliphatic rings. The van der Waals surface area contributed by atoms with Gasteiger partial charge in [-0.2, -0.15) is 0 Å². The zero-order valence-corrected chi connectivity index (χ0v) is 13.5. The average Bonchev–Trinajstić information content (AvgIpc) is 2.58. The fourth-order valence-corrected chi connectivity index (χ4v) is 2.22. The van der Waals surface area contributed by atoms with Crippen molar-refractivity contribution in [3.8, 4) is 0 Å². The number of amides is 2. The molecule has 1 aromatic carbocycles. The quantitative estimate of drug-likeness (QED) is 0.821. The Bertz CT molecular complexity index is 644. The highest BCUT2D eigenvalue weighted by Crippen LogP contribution is 2.13. The highest BCUT2D eigenvalue weighted by molar-refractivity contribution is 5.97. The molecule has 0 spiro atoms. The van der Waals surface area contributed by atoms with E-state index in [1.165, 1.54) is 11.8 Å². The van der Waals surface area contributed by atoms with E-state index in [0.717, 1.165) is 17.7 Å². The van der Waals surface area contributed by atoms with Crippen LogP contribution in [0.4, 0.5) is 5.69 Å². The summed E-state index contributed by atoms with van der Waals surface area (Å²) in [7, 11) is 1.76. The van der Waals surface area contributed by atoms with E-state index >= 15 is 0 Å². The monoisotopic (exact) mass is 311 g/mol. The van der Waals surface area contributed by atoms with Crippen LogP contribution in [0.15, 0.2) is 54.9 Å². The number of para-hydroxylation sites is 1. The minimum absolute atomic E-state index is 0.0478. The van der Waals surface area contributed by atoms with E-state index in [2.05, 4.69) is 4.98 Å². The lowest BCUT2D eigenvalue weighted by Gasteiger charge is -2.24. The Hall–Kier alpha value is -2.69. The van der Waals surface area contributed by atoms with E-state index in [4.69, 9.17) is 0 Å². The number of carbonyl (C=O) groups is 2. The molecule has 0 aliphatic heterocycles. The molecule has 23 heavy (non-hydrogen) atoms. The molecular formula is C18H21N3O2. The average molecular weight is 311 g/mol. The number of hydrogen-bond acceptors (Lipinski definition) is 3. The van der Waals surface area contributed by atoms with E-state index in [-0.39, 0.29) is 18.4 Å². The SMILES string of the molecule is CC(=O)N(CC(=O)N(C)CCc1ccncc1)c1ccccc1. The molecule has 2 amide bonds. The number of benzene rings is 1. The Balaban J connectivity index is 1.94. The van der Waals surface area contributed by atoms with Crippen LogP contribution in [0.3, 0.4) is 0 Å². The molecule has 0 unspecified atom stereocenters. The van der Waals surface area contributed by atoms with Crippen molar-refractivity contribution < 1.29 is 9.59 Å². The molecule has 2 rings (SSSR count). The molecule has 5 heteroatoms. The van der Waals surface area contributed by atoms with Crippen LogP contribution in [0.2, 0.25) is 0 Å². The summed E-state index contributed by atoms with van der Waals surface area (Å²) in [5.41, 5.74) is 1.86. The number of anilines is 1. The van der Waals surface area contributed by atoms with E-state index in [9.17, 15) is 9.59 Å². The summed E-state index contributed by atoms with van der Waals surface area (Å²) < 4.78 is 0. The summed E-state index contributed by atoms with van der Waals surface area (Å²) in [6.07, 6.45) is 4.24. The molecule has 0 N–H and O–H groups in total. The lowest BCUT2D eigenvalue weighted by Crippen LogP contribution is -2.41. The third kappa shape index (κ3) is 4.92. The topological polar surface area (TPSA) is 53.5 Å². The maximum Gasteiger partial charge on any atom is 0.242 e. The molecule has 0 atom stereocenters. The third-order valence-electron chi connectivity index (χ3n) is 3.65. The maximum absolute atomic E-state index is 12.4. The third-order valence-corrected chi connectivity index (χ3v) is 3.65. The highest BCUT2D eigenvalue weighted by atomic mass is 16.2. The predicted octanol–water partition coefficient (Wildman–Crippen LogP) is 2.14. The van der Waals surface area contributed by atoms with Crippen LogP contribution in [-0.2, 0) is 16.0 Å². The van der Waals surface area contributed by atoms with Gasteiger partial charge in [-0.25, -0.2) is 0 Å². The number of likely N-dealkylation sites (N-methyl/N-ethyl adjacent to an activating group) is 1. The maximum atomic E-state index is 12.4. The van der Waals surface area contributed by atoms with Gasteiger partial charge in [-0.05, 0) is 36.2 Å². The summed E-state index contributed by atoms with van der Waals surface area (Å²) in [4.78, 5) is 31.3. The van der Waals surface area contributed by atoms with Crippen molar-refractivity contribution in [1.82, 2.24) is 9.88 Å². The molecule has 0 saturated carbocycles. The smallest absolute Gasteiger partial charge is 0.242 e. The zero-order valence-electron chi connectivity index (χ0n) is 13.5. The number of pyridine rings is 1. The molecular weight excluding hydrogens is 290 g/mol. The zero-order chi connectivity index (χ0) is 16.7. The summed E-state index contributed by atoms with van der Waals surface area (Å²) in [6, 6.07) is 13.1. The molecule has 0 radical (unpaired) electrons. The standard InChI is InChI=1S/C18H21N3O2/c1-15(22)21(17-6-4-3-5-7-17)14-18(23)20(2)13-10-16-8-11-19-12-9-16/h3-9,11-12H,10,13-14H2,1-2H3. The van der Waals surface area contributed by atoms with Gasteiger partial charge in [-0.3, -0.25) is 14.6 Å². The van der Waals surface area contributed by atoms with Gasteiger partial charge in [0, 0.05) is 38.6 Å².